The summed E-state index contributed by atoms with van der Waals surface area (Å²) >= 11 is 0. The van der Waals surface area contributed by atoms with Crippen LogP contribution in [0.5, 0.6) is 0 Å². The first-order chi connectivity index (χ1) is 19.5. The molecule has 15 heteroatoms. The van der Waals surface area contributed by atoms with Crippen LogP contribution in [0.4, 0.5) is 30.8 Å². The van der Waals surface area contributed by atoms with E-state index in [1.54, 1.807) is 4.57 Å². The number of rotatable bonds is 9. The predicted molar refractivity (Wildman–Crippen MR) is 150 cm³/mol. The lowest BCUT2D eigenvalue weighted by molar-refractivity contribution is -0.118. The van der Waals surface area contributed by atoms with E-state index in [9.17, 15) is 33.8 Å². The number of anilines is 2. The second-order valence-electron chi connectivity index (χ2n) is 10.7. The van der Waals surface area contributed by atoms with Gasteiger partial charge < -0.3 is 14.8 Å². The van der Waals surface area contributed by atoms with Gasteiger partial charge in [0.15, 0.2) is 5.82 Å². The average molecular weight is 615 g/mol. The minimum atomic E-state index is -9.85. The molecule has 0 bridgehead atoms. The predicted octanol–water partition coefficient (Wildman–Crippen LogP) is 5.98. The van der Waals surface area contributed by atoms with E-state index < -0.39 is 26.6 Å². The maximum Gasteiger partial charge on any atom is 0.310 e. The van der Waals surface area contributed by atoms with Crippen LogP contribution >= 0.6 is 10.2 Å². The van der Waals surface area contributed by atoms with Crippen LogP contribution in [0.2, 0.25) is 0 Å². The Balaban J connectivity index is 1.54. The molecule has 0 radical (unpaired) electrons. The van der Waals surface area contributed by atoms with Crippen molar-refractivity contribution in [3.05, 3.63) is 52.2 Å². The van der Waals surface area contributed by atoms with Crippen LogP contribution in [0.25, 0.3) is 11.4 Å². The zero-order valence-corrected chi connectivity index (χ0v) is 24.1. The molecular weight excluding hydrogens is 583 g/mol. The van der Waals surface area contributed by atoms with Gasteiger partial charge in [0.1, 0.15) is 22.9 Å². The first-order valence-electron chi connectivity index (χ1n) is 13.7. The Morgan fingerprint density at radius 2 is 1.69 bits per heavy atom. The van der Waals surface area contributed by atoms with Crippen molar-refractivity contribution in [3.63, 3.8) is 0 Å². The van der Waals surface area contributed by atoms with Gasteiger partial charge in [-0.15, -0.1) is 5.10 Å². The van der Waals surface area contributed by atoms with Crippen LogP contribution in [0.15, 0.2) is 40.0 Å². The summed E-state index contributed by atoms with van der Waals surface area (Å²) in [6.07, 6.45) is 3.87. The molecule has 0 spiro atoms. The third-order valence-corrected chi connectivity index (χ3v) is 9.03. The van der Waals surface area contributed by atoms with Crippen molar-refractivity contribution in [2.75, 3.05) is 23.3 Å². The Hall–Kier alpha value is -3.75. The van der Waals surface area contributed by atoms with Crippen LogP contribution < -0.4 is 15.8 Å². The second-order valence-corrected chi connectivity index (χ2v) is 13.1. The van der Waals surface area contributed by atoms with Gasteiger partial charge in [-0.25, -0.2) is 0 Å². The van der Waals surface area contributed by atoms with Gasteiger partial charge in [-0.2, -0.15) is 9.50 Å². The second kappa shape index (κ2) is 9.64. The molecule has 1 fully saturated rings. The zero-order chi connectivity index (χ0) is 30.7. The van der Waals surface area contributed by atoms with Crippen molar-refractivity contribution in [3.8, 4) is 0 Å². The van der Waals surface area contributed by atoms with E-state index in [2.05, 4.69) is 15.4 Å². The average Bonchev–Trinajstić information content (AvgIpc) is 3.59. The number of carbonyl (C=O) groups excluding carboxylic acids is 2. The number of halogens is 5. The highest BCUT2D eigenvalue weighted by Crippen LogP contribution is 3.02. The molecule has 2 heterocycles. The van der Waals surface area contributed by atoms with E-state index in [-0.39, 0.29) is 47.8 Å². The quantitative estimate of drug-likeness (QED) is 0.298. The Labute approximate surface area is 238 Å². The molecule has 9 nitrogen and oxygen atoms in total. The molecule has 2 atom stereocenters. The fourth-order valence-electron chi connectivity index (χ4n) is 5.89. The van der Waals surface area contributed by atoms with Crippen molar-refractivity contribution in [1.29, 1.82) is 0 Å². The molecule has 2 aliphatic carbocycles. The number of amides is 1. The number of benzene rings is 1. The lowest BCUT2D eigenvalue weighted by atomic mass is 10.00. The lowest BCUT2D eigenvalue weighted by Crippen LogP contribution is -2.35. The van der Waals surface area contributed by atoms with E-state index in [4.69, 9.17) is 0 Å². The van der Waals surface area contributed by atoms with Crippen molar-refractivity contribution >= 4 is 44.6 Å². The lowest BCUT2D eigenvalue weighted by Gasteiger charge is -2.40. The molecule has 42 heavy (non-hydrogen) atoms. The molecule has 5 rings (SSSR count). The molecule has 2 aromatic heterocycles. The smallest absolute Gasteiger partial charge is 0.310 e. The van der Waals surface area contributed by atoms with Crippen molar-refractivity contribution < 1.29 is 29.0 Å². The number of Topliss-reactive ketones (excluding diaryl/α,β-unsaturated/α-hetero) is 1. The summed E-state index contributed by atoms with van der Waals surface area (Å²) in [6.45, 7) is 6.21. The van der Waals surface area contributed by atoms with E-state index >= 15 is 0 Å². The minimum absolute atomic E-state index is 0.103. The van der Waals surface area contributed by atoms with E-state index in [1.807, 2.05) is 31.7 Å². The maximum atomic E-state index is 13.7. The molecule has 0 saturated heterocycles. The van der Waals surface area contributed by atoms with Gasteiger partial charge in [0.2, 0.25) is 11.7 Å². The SMILES string of the molecule is CCc1c(N(CC)CC)c(=O)n2nc(C3=CC4CC(=O)CC4C3)nc2n1CC(=O)Nc1ccc(S(F)(F)(F)(F)F)cc1. The molecule has 3 aromatic rings. The molecule has 1 N–H and O–H groups in total. The molecule has 1 aromatic carbocycles. The summed E-state index contributed by atoms with van der Waals surface area (Å²) in [5.41, 5.74) is 1.18. The van der Waals surface area contributed by atoms with Gasteiger partial charge >= 0.3 is 10.2 Å². The van der Waals surface area contributed by atoms with E-state index in [1.165, 1.54) is 0 Å². The number of allylic oxidation sites excluding steroid dienone is 2. The van der Waals surface area contributed by atoms with Gasteiger partial charge in [-0.1, -0.05) is 32.4 Å². The number of ketones is 1. The number of nitrogens with zero attached hydrogens (tertiary/aromatic N) is 5. The summed E-state index contributed by atoms with van der Waals surface area (Å²) in [4.78, 5) is 43.1. The first-order valence-corrected chi connectivity index (χ1v) is 15.6. The monoisotopic (exact) mass is 614 g/mol. The van der Waals surface area contributed by atoms with Crippen LogP contribution in [0, 0.1) is 11.8 Å². The standard InChI is InChI=1S/C27H31F5N6O3S/c1-4-22-24(36(5-2)6-3)26(41)38-27(34-25(35-38)18-11-16-13-20(39)14-17(16)12-18)37(22)15-23(40)33-19-7-9-21(10-8-19)42(28,29,30,31)32/h7-11,16-17H,4-6,12-15H2,1-3H3,(H,33,40). The molecule has 1 amide bonds. The Morgan fingerprint density at radius 3 is 2.26 bits per heavy atom. The highest BCUT2D eigenvalue weighted by atomic mass is 32.5. The number of aromatic nitrogens is 4. The molecule has 228 valence electrons. The Kier molecular flexibility index (Phi) is 6.83. The molecule has 0 aliphatic heterocycles. The normalized spacial score (nSPS) is 20.3. The number of carbonyl (C=O) groups is 2. The largest absolute Gasteiger partial charge is 0.366 e. The van der Waals surface area contributed by atoms with Gasteiger partial charge in [0, 0.05) is 31.6 Å². The summed E-state index contributed by atoms with van der Waals surface area (Å²) in [7, 11) is -9.85. The van der Waals surface area contributed by atoms with Gasteiger partial charge in [0.25, 0.3) is 5.56 Å². The fraction of sp³-hybridized carbons (Fsp3) is 0.444. The van der Waals surface area contributed by atoms with E-state index in [0.29, 0.717) is 56.0 Å². The molecular formula is C27H31F5N6O3S. The zero-order valence-electron chi connectivity index (χ0n) is 23.3. The van der Waals surface area contributed by atoms with Crippen LogP contribution in [0.1, 0.15) is 51.6 Å². The number of fused-ring (bicyclic) bond motifs is 2. The first kappa shape index (κ1) is 29.7. The van der Waals surface area contributed by atoms with Crippen LogP contribution in [0.3, 0.4) is 0 Å². The Bertz CT molecular complexity index is 1680. The van der Waals surface area contributed by atoms with Crippen molar-refractivity contribution in [2.24, 2.45) is 11.8 Å². The summed E-state index contributed by atoms with van der Waals surface area (Å²) < 4.78 is 68.2. The maximum absolute atomic E-state index is 13.7. The summed E-state index contributed by atoms with van der Waals surface area (Å²) in [5.74, 6) is 0.266. The minimum Gasteiger partial charge on any atom is -0.366 e. The highest BCUT2D eigenvalue weighted by molar-refractivity contribution is 8.45. The van der Waals surface area contributed by atoms with Crippen LogP contribution in [-0.2, 0) is 22.6 Å². The van der Waals surface area contributed by atoms with Gasteiger partial charge in [-0.05, 0) is 68.4 Å². The highest BCUT2D eigenvalue weighted by Gasteiger charge is 2.65. The molecule has 2 unspecified atom stereocenters. The van der Waals surface area contributed by atoms with Gasteiger partial charge in [0.05, 0.1) is 5.69 Å². The van der Waals surface area contributed by atoms with Crippen molar-refractivity contribution in [2.45, 2.75) is 57.9 Å². The topological polar surface area (TPSA) is 102 Å². The number of nitrogens with one attached hydrogen (secondary N) is 1. The number of hydrogen-bond donors (Lipinski definition) is 1. The Morgan fingerprint density at radius 1 is 1.02 bits per heavy atom. The van der Waals surface area contributed by atoms with Crippen LogP contribution in [-0.4, -0.2) is 43.9 Å². The third-order valence-electron chi connectivity index (χ3n) is 7.87. The summed E-state index contributed by atoms with van der Waals surface area (Å²) in [6, 6.07) is 1.98. The van der Waals surface area contributed by atoms with Gasteiger partial charge in [-0.3, -0.25) is 14.4 Å². The summed E-state index contributed by atoms with van der Waals surface area (Å²) in [5, 5.41) is 6.95. The fourth-order valence-corrected chi connectivity index (χ4v) is 6.55. The third kappa shape index (κ3) is 5.53. The molecule has 2 aliphatic rings. The molecule has 1 saturated carbocycles. The number of hydrogen-bond acceptors (Lipinski definition) is 6. The van der Waals surface area contributed by atoms with Crippen molar-refractivity contribution in [1.82, 2.24) is 19.2 Å². The van der Waals surface area contributed by atoms with E-state index in [0.717, 1.165) is 22.2 Å².